The zero-order chi connectivity index (χ0) is 19.4. The Morgan fingerprint density at radius 2 is 1.93 bits per heavy atom. The number of benzene rings is 1. The van der Waals surface area contributed by atoms with Gasteiger partial charge >= 0.3 is 0 Å². The van der Waals surface area contributed by atoms with E-state index in [1.165, 1.54) is 24.8 Å². The third kappa shape index (κ3) is 4.78. The molecule has 5 nitrogen and oxygen atoms in total. The topological polar surface area (TPSA) is 50.2 Å². The van der Waals surface area contributed by atoms with Gasteiger partial charge in [0.05, 0.1) is 17.9 Å². The predicted molar refractivity (Wildman–Crippen MR) is 109 cm³/mol. The van der Waals surface area contributed by atoms with Crippen LogP contribution in [0, 0.1) is 19.8 Å². The van der Waals surface area contributed by atoms with E-state index in [4.69, 9.17) is 5.10 Å². The highest BCUT2D eigenvalue weighted by atomic mass is 16.2. The number of amides is 1. The molecule has 3 rings (SSSR count). The molecule has 146 valence electrons. The van der Waals surface area contributed by atoms with E-state index in [-0.39, 0.29) is 5.91 Å². The van der Waals surface area contributed by atoms with E-state index >= 15 is 0 Å². The minimum Gasteiger partial charge on any atom is -0.352 e. The molecule has 1 N–H and O–H groups in total. The van der Waals surface area contributed by atoms with E-state index in [1.54, 1.807) is 0 Å². The van der Waals surface area contributed by atoms with Gasteiger partial charge in [0.2, 0.25) is 5.91 Å². The number of nitrogens with one attached hydrogen (secondary N) is 1. The Balaban J connectivity index is 1.61. The van der Waals surface area contributed by atoms with Crippen LogP contribution in [0.15, 0.2) is 30.3 Å². The first-order valence-corrected chi connectivity index (χ1v) is 10.0. The summed E-state index contributed by atoms with van der Waals surface area (Å²) in [5, 5.41) is 7.95. The quantitative estimate of drug-likeness (QED) is 0.847. The van der Waals surface area contributed by atoms with Crippen LogP contribution in [0.1, 0.15) is 49.6 Å². The third-order valence-electron chi connectivity index (χ3n) is 5.74. The summed E-state index contributed by atoms with van der Waals surface area (Å²) in [4.78, 5) is 14.6. The second kappa shape index (κ2) is 8.70. The van der Waals surface area contributed by atoms with Gasteiger partial charge in [-0.3, -0.25) is 9.69 Å². The van der Waals surface area contributed by atoms with Crippen molar-refractivity contribution in [2.45, 2.75) is 59.0 Å². The molecule has 0 aliphatic heterocycles. The van der Waals surface area contributed by atoms with Crippen LogP contribution in [-0.4, -0.2) is 40.2 Å². The SMILES string of the molecule is Cc1nn(-c2ccccc2)c(C)c1CN(C)CC(=O)NC1CCCCC1C. The zero-order valence-electron chi connectivity index (χ0n) is 17.0. The molecule has 1 aliphatic rings. The Kier molecular flexibility index (Phi) is 6.32. The van der Waals surface area contributed by atoms with Crippen molar-refractivity contribution in [1.29, 1.82) is 0 Å². The summed E-state index contributed by atoms with van der Waals surface area (Å²) in [5.74, 6) is 0.712. The monoisotopic (exact) mass is 368 g/mol. The number of para-hydroxylation sites is 1. The predicted octanol–water partition coefficient (Wildman–Crippen LogP) is 3.62. The number of hydrogen-bond acceptors (Lipinski definition) is 3. The lowest BCUT2D eigenvalue weighted by Crippen LogP contribution is -2.44. The molecule has 0 saturated heterocycles. The molecule has 2 atom stereocenters. The standard InChI is InChI=1S/C22H32N4O/c1-16-10-8-9-13-21(16)23-22(27)15-25(4)14-20-17(2)24-26(18(20)3)19-11-6-5-7-12-19/h5-7,11-12,16,21H,8-10,13-15H2,1-4H3,(H,23,27). The summed E-state index contributed by atoms with van der Waals surface area (Å²) < 4.78 is 1.99. The fraction of sp³-hybridized carbons (Fsp3) is 0.545. The van der Waals surface area contributed by atoms with Crippen molar-refractivity contribution in [2.24, 2.45) is 5.92 Å². The fourth-order valence-electron chi connectivity index (χ4n) is 4.08. The average molecular weight is 369 g/mol. The Morgan fingerprint density at radius 1 is 1.22 bits per heavy atom. The van der Waals surface area contributed by atoms with E-state index in [2.05, 4.69) is 36.2 Å². The van der Waals surface area contributed by atoms with Gasteiger partial charge in [-0.05, 0) is 51.8 Å². The Morgan fingerprint density at radius 3 is 2.63 bits per heavy atom. The first kappa shape index (κ1) is 19.6. The third-order valence-corrected chi connectivity index (χ3v) is 5.74. The van der Waals surface area contributed by atoms with Gasteiger partial charge in [0.15, 0.2) is 0 Å². The van der Waals surface area contributed by atoms with Gasteiger partial charge in [0.25, 0.3) is 0 Å². The first-order chi connectivity index (χ1) is 13.0. The highest BCUT2D eigenvalue weighted by Gasteiger charge is 2.23. The molecule has 1 saturated carbocycles. The molecule has 1 amide bonds. The average Bonchev–Trinajstić information content (AvgIpc) is 2.92. The Hall–Kier alpha value is -2.14. The molecule has 1 heterocycles. The summed E-state index contributed by atoms with van der Waals surface area (Å²) in [6.45, 7) is 7.52. The van der Waals surface area contributed by atoms with Crippen LogP contribution in [0.25, 0.3) is 5.69 Å². The fourth-order valence-corrected chi connectivity index (χ4v) is 4.08. The van der Waals surface area contributed by atoms with Crippen molar-refractivity contribution in [2.75, 3.05) is 13.6 Å². The van der Waals surface area contributed by atoms with E-state index in [9.17, 15) is 4.79 Å². The minimum atomic E-state index is 0.127. The van der Waals surface area contributed by atoms with Crippen LogP contribution < -0.4 is 5.32 Å². The van der Waals surface area contributed by atoms with Crippen molar-refractivity contribution in [3.8, 4) is 5.69 Å². The van der Waals surface area contributed by atoms with E-state index in [1.807, 2.05) is 36.9 Å². The van der Waals surface area contributed by atoms with Crippen molar-refractivity contribution in [3.05, 3.63) is 47.3 Å². The molecule has 2 aromatic rings. The molecule has 1 aromatic carbocycles. The summed E-state index contributed by atoms with van der Waals surface area (Å²) in [7, 11) is 2.00. The first-order valence-electron chi connectivity index (χ1n) is 10.0. The molecule has 1 aliphatic carbocycles. The number of likely N-dealkylation sites (N-methyl/N-ethyl adjacent to an activating group) is 1. The van der Waals surface area contributed by atoms with Crippen molar-refractivity contribution in [3.63, 3.8) is 0 Å². The molecule has 5 heteroatoms. The van der Waals surface area contributed by atoms with Crippen molar-refractivity contribution < 1.29 is 4.79 Å². The Bertz CT molecular complexity index is 768. The maximum absolute atomic E-state index is 12.5. The number of carbonyl (C=O) groups is 1. The zero-order valence-corrected chi connectivity index (χ0v) is 17.0. The molecule has 2 unspecified atom stereocenters. The van der Waals surface area contributed by atoms with E-state index < -0.39 is 0 Å². The van der Waals surface area contributed by atoms with E-state index in [0.29, 0.717) is 18.5 Å². The number of rotatable bonds is 6. The second-order valence-electron chi connectivity index (χ2n) is 8.00. The Labute approximate surface area is 162 Å². The summed E-state index contributed by atoms with van der Waals surface area (Å²) >= 11 is 0. The van der Waals surface area contributed by atoms with Gasteiger partial charge in [-0.2, -0.15) is 5.10 Å². The lowest BCUT2D eigenvalue weighted by molar-refractivity contribution is -0.123. The maximum Gasteiger partial charge on any atom is 0.234 e. The molecule has 1 fully saturated rings. The van der Waals surface area contributed by atoms with Crippen LogP contribution >= 0.6 is 0 Å². The molecular formula is C22H32N4O. The summed E-state index contributed by atoms with van der Waals surface area (Å²) in [5.41, 5.74) is 4.41. The number of nitrogens with zero attached hydrogens (tertiary/aromatic N) is 3. The highest BCUT2D eigenvalue weighted by Crippen LogP contribution is 2.24. The molecule has 0 radical (unpaired) electrons. The smallest absolute Gasteiger partial charge is 0.234 e. The van der Waals surface area contributed by atoms with Crippen LogP contribution in [0.5, 0.6) is 0 Å². The second-order valence-corrected chi connectivity index (χ2v) is 8.00. The molecule has 27 heavy (non-hydrogen) atoms. The lowest BCUT2D eigenvalue weighted by atomic mass is 9.86. The largest absolute Gasteiger partial charge is 0.352 e. The molecule has 0 bridgehead atoms. The van der Waals surface area contributed by atoms with Crippen LogP contribution in [0.2, 0.25) is 0 Å². The van der Waals surface area contributed by atoms with Crippen LogP contribution in [0.4, 0.5) is 0 Å². The molecule has 1 aromatic heterocycles. The van der Waals surface area contributed by atoms with Gasteiger partial charge in [0.1, 0.15) is 0 Å². The molecule has 0 spiro atoms. The maximum atomic E-state index is 12.5. The number of hydrogen-bond donors (Lipinski definition) is 1. The highest BCUT2D eigenvalue weighted by molar-refractivity contribution is 5.78. The number of aryl methyl sites for hydroxylation is 1. The van der Waals surface area contributed by atoms with Gasteiger partial charge in [-0.25, -0.2) is 4.68 Å². The van der Waals surface area contributed by atoms with Gasteiger partial charge in [-0.1, -0.05) is 38.0 Å². The van der Waals surface area contributed by atoms with Gasteiger partial charge in [-0.15, -0.1) is 0 Å². The van der Waals surface area contributed by atoms with Crippen LogP contribution in [-0.2, 0) is 11.3 Å². The van der Waals surface area contributed by atoms with E-state index in [0.717, 1.165) is 30.0 Å². The molecular weight excluding hydrogens is 336 g/mol. The van der Waals surface area contributed by atoms with Crippen molar-refractivity contribution in [1.82, 2.24) is 20.0 Å². The summed E-state index contributed by atoms with van der Waals surface area (Å²) in [6, 6.07) is 10.5. The van der Waals surface area contributed by atoms with Crippen molar-refractivity contribution >= 4 is 5.91 Å². The van der Waals surface area contributed by atoms with Gasteiger partial charge in [0, 0.05) is 23.8 Å². The normalized spacial score (nSPS) is 20.0. The number of carbonyl (C=O) groups excluding carboxylic acids is 1. The van der Waals surface area contributed by atoms with Crippen LogP contribution in [0.3, 0.4) is 0 Å². The lowest BCUT2D eigenvalue weighted by Gasteiger charge is -2.30. The summed E-state index contributed by atoms with van der Waals surface area (Å²) in [6.07, 6.45) is 4.84. The van der Waals surface area contributed by atoms with Gasteiger partial charge < -0.3 is 5.32 Å². The number of aromatic nitrogens is 2. The minimum absolute atomic E-state index is 0.127.